The highest BCUT2D eigenvalue weighted by molar-refractivity contribution is 5.96. The maximum absolute atomic E-state index is 13.2. The number of imidazole rings is 1. The molecule has 1 spiro atoms. The molecule has 1 N–H and O–H groups in total. The lowest BCUT2D eigenvalue weighted by molar-refractivity contribution is -0.125. The SMILES string of the molecule is CC1C=CC=C(n2cc(C(=O)N3CC(=O)NC4(CC4)C3)nc2-c2ccccc2)C1. The fourth-order valence-corrected chi connectivity index (χ4v) is 4.20. The summed E-state index contributed by atoms with van der Waals surface area (Å²) in [6, 6.07) is 9.92. The molecular formula is C23H24N4O2. The lowest BCUT2D eigenvalue weighted by Crippen LogP contribution is -2.57. The van der Waals surface area contributed by atoms with Crippen molar-refractivity contribution < 1.29 is 9.59 Å². The van der Waals surface area contributed by atoms with Gasteiger partial charge in [-0.2, -0.15) is 0 Å². The summed E-state index contributed by atoms with van der Waals surface area (Å²) in [4.78, 5) is 31.7. The van der Waals surface area contributed by atoms with Crippen molar-refractivity contribution in [3.8, 4) is 11.4 Å². The zero-order valence-corrected chi connectivity index (χ0v) is 16.5. The largest absolute Gasteiger partial charge is 0.347 e. The molecular weight excluding hydrogens is 364 g/mol. The van der Waals surface area contributed by atoms with Crippen molar-refractivity contribution in [3.05, 3.63) is 60.5 Å². The quantitative estimate of drug-likeness (QED) is 0.879. The van der Waals surface area contributed by atoms with E-state index < -0.39 is 0 Å². The van der Waals surface area contributed by atoms with Gasteiger partial charge >= 0.3 is 0 Å². The summed E-state index contributed by atoms with van der Waals surface area (Å²) in [7, 11) is 0. The third kappa shape index (κ3) is 3.39. The van der Waals surface area contributed by atoms with Crippen LogP contribution in [0.5, 0.6) is 0 Å². The minimum absolute atomic E-state index is 0.0845. The number of benzene rings is 1. The maximum atomic E-state index is 13.2. The van der Waals surface area contributed by atoms with E-state index in [-0.39, 0.29) is 23.9 Å². The van der Waals surface area contributed by atoms with E-state index in [4.69, 9.17) is 4.98 Å². The molecule has 2 fully saturated rings. The Kier molecular flexibility index (Phi) is 4.15. The molecule has 2 heterocycles. The van der Waals surface area contributed by atoms with Crippen molar-refractivity contribution in [1.82, 2.24) is 19.8 Å². The van der Waals surface area contributed by atoms with Gasteiger partial charge in [0.15, 0.2) is 0 Å². The van der Waals surface area contributed by atoms with E-state index in [9.17, 15) is 9.59 Å². The molecule has 148 valence electrons. The molecule has 2 amide bonds. The summed E-state index contributed by atoms with van der Waals surface area (Å²) in [5.74, 6) is 0.923. The first-order valence-corrected chi connectivity index (χ1v) is 10.2. The van der Waals surface area contributed by atoms with E-state index in [1.165, 1.54) is 0 Å². The van der Waals surface area contributed by atoms with E-state index in [2.05, 4.69) is 30.5 Å². The predicted molar refractivity (Wildman–Crippen MR) is 111 cm³/mol. The molecule has 2 aliphatic carbocycles. The highest BCUT2D eigenvalue weighted by Gasteiger charge is 2.49. The zero-order chi connectivity index (χ0) is 20.0. The van der Waals surface area contributed by atoms with E-state index in [1.54, 1.807) is 4.90 Å². The third-order valence-electron chi connectivity index (χ3n) is 5.90. The Balaban J connectivity index is 1.52. The predicted octanol–water partition coefficient (Wildman–Crippen LogP) is 3.09. The Bertz CT molecular complexity index is 1030. The number of nitrogens with zero attached hydrogens (tertiary/aromatic N) is 3. The number of rotatable bonds is 3. The molecule has 5 rings (SSSR count). The van der Waals surface area contributed by atoms with Crippen LogP contribution in [-0.2, 0) is 4.79 Å². The number of allylic oxidation sites excluding steroid dienone is 4. The molecule has 6 nitrogen and oxygen atoms in total. The van der Waals surface area contributed by atoms with Crippen molar-refractivity contribution >= 4 is 17.5 Å². The number of piperazine rings is 1. The summed E-state index contributed by atoms with van der Waals surface area (Å²) in [5.41, 5.74) is 2.25. The Hall–Kier alpha value is -3.15. The van der Waals surface area contributed by atoms with Crippen molar-refractivity contribution in [2.45, 2.75) is 31.7 Å². The van der Waals surface area contributed by atoms with Crippen LogP contribution >= 0.6 is 0 Å². The molecule has 3 aliphatic rings. The Morgan fingerprint density at radius 3 is 2.76 bits per heavy atom. The number of carbonyl (C=O) groups is 2. The van der Waals surface area contributed by atoms with Crippen molar-refractivity contribution in [3.63, 3.8) is 0 Å². The topological polar surface area (TPSA) is 67.2 Å². The van der Waals surface area contributed by atoms with Gasteiger partial charge in [0, 0.05) is 24.0 Å². The molecule has 1 aromatic carbocycles. The van der Waals surface area contributed by atoms with Gasteiger partial charge in [-0.25, -0.2) is 4.98 Å². The van der Waals surface area contributed by atoms with Crippen LogP contribution in [0.2, 0.25) is 0 Å². The van der Waals surface area contributed by atoms with Crippen LogP contribution < -0.4 is 5.32 Å². The number of aromatic nitrogens is 2. The van der Waals surface area contributed by atoms with Gasteiger partial charge in [0.05, 0.1) is 12.1 Å². The lowest BCUT2D eigenvalue weighted by Gasteiger charge is -2.32. The van der Waals surface area contributed by atoms with Gasteiger partial charge in [-0.1, -0.05) is 49.4 Å². The van der Waals surface area contributed by atoms with Crippen LogP contribution in [0.25, 0.3) is 17.1 Å². The third-order valence-corrected chi connectivity index (χ3v) is 5.90. The van der Waals surface area contributed by atoms with Crippen LogP contribution in [0.3, 0.4) is 0 Å². The summed E-state index contributed by atoms with van der Waals surface area (Å²) in [6.07, 6.45) is 10.9. The van der Waals surface area contributed by atoms with Gasteiger partial charge in [-0.05, 0) is 31.3 Å². The maximum Gasteiger partial charge on any atom is 0.274 e. The molecule has 1 saturated carbocycles. The van der Waals surface area contributed by atoms with Gasteiger partial charge < -0.3 is 14.8 Å². The molecule has 1 aliphatic heterocycles. The lowest BCUT2D eigenvalue weighted by atomic mass is 10.00. The van der Waals surface area contributed by atoms with Crippen LogP contribution in [-0.4, -0.2) is 44.9 Å². The first-order valence-electron chi connectivity index (χ1n) is 10.2. The highest BCUT2D eigenvalue weighted by atomic mass is 16.2. The first-order chi connectivity index (χ1) is 14.0. The number of hydrogen-bond acceptors (Lipinski definition) is 3. The van der Waals surface area contributed by atoms with Gasteiger partial charge in [0.25, 0.3) is 5.91 Å². The monoisotopic (exact) mass is 388 g/mol. The Labute approximate surface area is 169 Å². The molecule has 2 aromatic rings. The van der Waals surface area contributed by atoms with Crippen molar-refractivity contribution in [2.24, 2.45) is 5.92 Å². The van der Waals surface area contributed by atoms with Gasteiger partial charge in [-0.15, -0.1) is 0 Å². The number of carbonyl (C=O) groups excluding carboxylic acids is 2. The fraction of sp³-hybridized carbons (Fsp3) is 0.348. The van der Waals surface area contributed by atoms with Crippen LogP contribution in [0.1, 0.15) is 36.7 Å². The second-order valence-corrected chi connectivity index (χ2v) is 8.40. The minimum Gasteiger partial charge on any atom is -0.347 e. The molecule has 29 heavy (non-hydrogen) atoms. The average molecular weight is 388 g/mol. The second kappa shape index (κ2) is 6.72. The number of nitrogens with one attached hydrogen (secondary N) is 1. The summed E-state index contributed by atoms with van der Waals surface area (Å²) in [5, 5.41) is 3.03. The van der Waals surface area contributed by atoms with Crippen LogP contribution in [0.4, 0.5) is 0 Å². The standard InChI is InChI=1S/C23H24N4O2/c1-16-6-5-9-18(12-16)27-13-19(24-21(27)17-7-3-2-4-8-17)22(29)26-14-20(28)25-23(15-26)10-11-23/h2-9,13,16H,10-12,14-15H2,1H3,(H,25,28). The number of amides is 2. The van der Waals surface area contributed by atoms with Crippen LogP contribution in [0, 0.1) is 5.92 Å². The second-order valence-electron chi connectivity index (χ2n) is 8.40. The molecule has 0 bridgehead atoms. The molecule has 1 aromatic heterocycles. The van der Waals surface area contributed by atoms with Gasteiger partial charge in [0.2, 0.25) is 5.91 Å². The minimum atomic E-state index is -0.206. The zero-order valence-electron chi connectivity index (χ0n) is 16.5. The van der Waals surface area contributed by atoms with Gasteiger partial charge in [0.1, 0.15) is 11.5 Å². The molecule has 1 atom stereocenters. The van der Waals surface area contributed by atoms with Crippen molar-refractivity contribution in [2.75, 3.05) is 13.1 Å². The van der Waals surface area contributed by atoms with E-state index in [0.717, 1.165) is 36.3 Å². The smallest absolute Gasteiger partial charge is 0.274 e. The molecule has 1 saturated heterocycles. The molecule has 6 heteroatoms. The van der Waals surface area contributed by atoms with E-state index in [0.29, 0.717) is 18.2 Å². The summed E-state index contributed by atoms with van der Waals surface area (Å²) >= 11 is 0. The highest BCUT2D eigenvalue weighted by Crippen LogP contribution is 2.38. The fourth-order valence-electron chi connectivity index (χ4n) is 4.20. The van der Waals surface area contributed by atoms with E-state index >= 15 is 0 Å². The van der Waals surface area contributed by atoms with Crippen molar-refractivity contribution in [1.29, 1.82) is 0 Å². The molecule has 0 radical (unpaired) electrons. The summed E-state index contributed by atoms with van der Waals surface area (Å²) in [6.45, 7) is 2.83. The van der Waals surface area contributed by atoms with Crippen LogP contribution in [0.15, 0.2) is 54.8 Å². The van der Waals surface area contributed by atoms with Gasteiger partial charge in [-0.3, -0.25) is 9.59 Å². The normalized spacial score (nSPS) is 22.4. The Morgan fingerprint density at radius 2 is 2.03 bits per heavy atom. The molecule has 1 unspecified atom stereocenters. The average Bonchev–Trinajstić information content (AvgIpc) is 3.29. The summed E-state index contributed by atoms with van der Waals surface area (Å²) < 4.78 is 2.03. The Morgan fingerprint density at radius 1 is 1.24 bits per heavy atom. The first kappa shape index (κ1) is 17.9. The van der Waals surface area contributed by atoms with E-state index in [1.807, 2.05) is 41.1 Å². The number of hydrogen-bond donors (Lipinski definition) is 1.